The zero-order valence-electron chi connectivity index (χ0n) is 17.5. The predicted octanol–water partition coefficient (Wildman–Crippen LogP) is 3.78. The van der Waals surface area contributed by atoms with Gasteiger partial charge in [0.05, 0.1) is 21.7 Å². The van der Waals surface area contributed by atoms with Gasteiger partial charge in [0.15, 0.2) is 4.80 Å². The highest BCUT2D eigenvalue weighted by Crippen LogP contribution is 2.25. The van der Waals surface area contributed by atoms with Crippen molar-refractivity contribution in [2.24, 2.45) is 4.99 Å². The Bertz CT molecular complexity index is 1380. The number of hydrogen-bond donors (Lipinski definition) is 0. The second kappa shape index (κ2) is 8.98. The van der Waals surface area contributed by atoms with Crippen molar-refractivity contribution in [3.63, 3.8) is 0 Å². The van der Waals surface area contributed by atoms with Gasteiger partial charge in [0.1, 0.15) is 5.82 Å². The van der Waals surface area contributed by atoms with Crippen molar-refractivity contribution in [2.45, 2.75) is 43.7 Å². The van der Waals surface area contributed by atoms with Gasteiger partial charge in [-0.15, -0.1) is 6.42 Å². The molecule has 0 spiro atoms. The average Bonchev–Trinajstić information content (AvgIpc) is 3.12. The number of nitrogens with zero attached hydrogens (tertiary/aromatic N) is 3. The Labute approximate surface area is 190 Å². The number of sulfonamides is 1. The second-order valence-electron chi connectivity index (χ2n) is 7.66. The summed E-state index contributed by atoms with van der Waals surface area (Å²) in [5, 5.41) is 0. The topological polar surface area (TPSA) is 71.7 Å². The van der Waals surface area contributed by atoms with Crippen LogP contribution in [0.15, 0.2) is 52.4 Å². The van der Waals surface area contributed by atoms with Crippen LogP contribution in [0.3, 0.4) is 0 Å². The summed E-state index contributed by atoms with van der Waals surface area (Å²) in [6.07, 6.45) is 8.12. The van der Waals surface area contributed by atoms with Crippen molar-refractivity contribution < 1.29 is 17.6 Å². The summed E-state index contributed by atoms with van der Waals surface area (Å²) in [4.78, 5) is 17.3. The zero-order chi connectivity index (χ0) is 22.9. The van der Waals surface area contributed by atoms with E-state index in [0.717, 1.165) is 30.6 Å². The van der Waals surface area contributed by atoms with Gasteiger partial charge < -0.3 is 4.57 Å². The molecular formula is C23H22FN3O3S2. The van der Waals surface area contributed by atoms with E-state index in [-0.39, 0.29) is 27.8 Å². The molecule has 1 aromatic heterocycles. The molecule has 1 atom stereocenters. The molecule has 1 aliphatic rings. The molecule has 3 aromatic rings. The Morgan fingerprint density at radius 3 is 2.69 bits per heavy atom. The Morgan fingerprint density at radius 1 is 1.25 bits per heavy atom. The highest BCUT2D eigenvalue weighted by atomic mass is 32.2. The lowest BCUT2D eigenvalue weighted by atomic mass is 10.1. The van der Waals surface area contributed by atoms with Crippen LogP contribution in [0, 0.1) is 18.2 Å². The number of fused-ring (bicyclic) bond motifs is 1. The van der Waals surface area contributed by atoms with Crippen LogP contribution in [-0.2, 0) is 16.6 Å². The van der Waals surface area contributed by atoms with Gasteiger partial charge >= 0.3 is 0 Å². The summed E-state index contributed by atoms with van der Waals surface area (Å²) >= 11 is 1.16. The number of amides is 1. The van der Waals surface area contributed by atoms with E-state index in [1.807, 2.05) is 6.92 Å². The molecule has 4 rings (SSSR count). The summed E-state index contributed by atoms with van der Waals surface area (Å²) in [7, 11) is -3.62. The van der Waals surface area contributed by atoms with E-state index < -0.39 is 21.7 Å². The number of para-hydroxylation sites is 1. The van der Waals surface area contributed by atoms with Crippen LogP contribution in [0.1, 0.15) is 36.5 Å². The maximum Gasteiger partial charge on any atom is 0.279 e. The van der Waals surface area contributed by atoms with Crippen LogP contribution in [0.4, 0.5) is 4.39 Å². The number of halogens is 1. The van der Waals surface area contributed by atoms with Crippen molar-refractivity contribution in [2.75, 3.05) is 6.54 Å². The minimum Gasteiger partial charge on any atom is -0.302 e. The number of piperidine rings is 1. The van der Waals surface area contributed by atoms with E-state index in [1.54, 1.807) is 12.1 Å². The van der Waals surface area contributed by atoms with Crippen LogP contribution in [-0.4, -0.2) is 35.8 Å². The van der Waals surface area contributed by atoms with Gasteiger partial charge in [-0.2, -0.15) is 9.30 Å². The molecule has 2 heterocycles. The molecule has 1 amide bonds. The summed E-state index contributed by atoms with van der Waals surface area (Å²) in [6.45, 7) is 2.47. The van der Waals surface area contributed by atoms with Crippen molar-refractivity contribution in [3.8, 4) is 12.3 Å². The Morgan fingerprint density at radius 2 is 2.00 bits per heavy atom. The Hall–Kier alpha value is -2.80. The van der Waals surface area contributed by atoms with Gasteiger partial charge in [0, 0.05) is 18.2 Å². The maximum atomic E-state index is 14.3. The second-order valence-corrected chi connectivity index (χ2v) is 10.6. The van der Waals surface area contributed by atoms with Crippen LogP contribution < -0.4 is 4.80 Å². The molecule has 0 aliphatic carbocycles. The highest BCUT2D eigenvalue weighted by molar-refractivity contribution is 7.89. The molecule has 1 aliphatic heterocycles. The Kier molecular flexibility index (Phi) is 6.29. The molecule has 1 unspecified atom stereocenters. The molecule has 1 saturated heterocycles. The van der Waals surface area contributed by atoms with Crippen LogP contribution in [0.2, 0.25) is 0 Å². The van der Waals surface area contributed by atoms with Gasteiger partial charge in [-0.05, 0) is 56.2 Å². The van der Waals surface area contributed by atoms with Crippen molar-refractivity contribution in [3.05, 3.63) is 58.6 Å². The number of terminal acetylenes is 1. The fourth-order valence-electron chi connectivity index (χ4n) is 3.90. The van der Waals surface area contributed by atoms with Gasteiger partial charge in [0.25, 0.3) is 5.91 Å². The third-order valence-corrected chi connectivity index (χ3v) is 8.62. The van der Waals surface area contributed by atoms with Gasteiger partial charge in [-0.3, -0.25) is 4.79 Å². The SMILES string of the molecule is C#CCn1c(=NC(=O)c2ccc(S(=O)(=O)N3CCCCC3C)cc2)sc2cccc(F)c21. The first kappa shape index (κ1) is 22.4. The van der Waals surface area contributed by atoms with Gasteiger partial charge in [-0.25, -0.2) is 12.8 Å². The summed E-state index contributed by atoms with van der Waals surface area (Å²) in [5.74, 6) is 1.46. The lowest BCUT2D eigenvalue weighted by Gasteiger charge is -2.32. The molecule has 0 N–H and O–H groups in total. The summed E-state index contributed by atoms with van der Waals surface area (Å²) in [5.41, 5.74) is 0.542. The molecule has 1 fully saturated rings. The number of hydrogen-bond acceptors (Lipinski definition) is 4. The third-order valence-electron chi connectivity index (χ3n) is 5.55. The summed E-state index contributed by atoms with van der Waals surface area (Å²) < 4.78 is 43.9. The first-order valence-corrected chi connectivity index (χ1v) is 12.5. The molecule has 0 bridgehead atoms. The lowest BCUT2D eigenvalue weighted by molar-refractivity contribution is 0.0997. The molecule has 6 nitrogen and oxygen atoms in total. The number of thiazole rings is 1. The van der Waals surface area contributed by atoms with Crippen LogP contribution in [0.5, 0.6) is 0 Å². The largest absolute Gasteiger partial charge is 0.302 e. The van der Waals surface area contributed by atoms with E-state index in [1.165, 1.54) is 39.2 Å². The fraction of sp³-hybridized carbons (Fsp3) is 0.304. The van der Waals surface area contributed by atoms with Crippen LogP contribution in [0.25, 0.3) is 10.2 Å². The van der Waals surface area contributed by atoms with Crippen molar-refractivity contribution >= 4 is 37.5 Å². The van der Waals surface area contributed by atoms with E-state index in [9.17, 15) is 17.6 Å². The minimum absolute atomic E-state index is 0.0509. The zero-order valence-corrected chi connectivity index (χ0v) is 19.1. The molecule has 9 heteroatoms. The normalized spacial score (nSPS) is 18.0. The van der Waals surface area contributed by atoms with Crippen molar-refractivity contribution in [1.29, 1.82) is 0 Å². The first-order valence-electron chi connectivity index (χ1n) is 10.2. The van der Waals surface area contributed by atoms with Gasteiger partial charge in [-0.1, -0.05) is 29.7 Å². The molecule has 32 heavy (non-hydrogen) atoms. The monoisotopic (exact) mass is 471 g/mol. The first-order chi connectivity index (χ1) is 15.3. The van der Waals surface area contributed by atoms with Gasteiger partial charge in [0.2, 0.25) is 10.0 Å². The molecule has 2 aromatic carbocycles. The number of carbonyl (C=O) groups excluding carboxylic acids is 1. The quantitative estimate of drug-likeness (QED) is 0.544. The summed E-state index contributed by atoms with van der Waals surface area (Å²) in [6, 6.07) is 10.4. The maximum absolute atomic E-state index is 14.3. The van der Waals surface area contributed by atoms with E-state index in [0.29, 0.717) is 16.8 Å². The molecule has 0 saturated carbocycles. The standard InChI is InChI=1S/C23H22FN3O3S2/c1-3-14-26-21-19(24)8-6-9-20(21)31-23(26)25-22(28)17-10-12-18(13-11-17)32(29,30)27-15-5-4-7-16(27)2/h1,6,8-13,16H,4-5,7,14-15H2,2H3. The number of rotatable bonds is 4. The van der Waals surface area contributed by atoms with E-state index in [4.69, 9.17) is 6.42 Å². The van der Waals surface area contributed by atoms with E-state index >= 15 is 0 Å². The number of aromatic nitrogens is 1. The molecule has 0 radical (unpaired) electrons. The predicted molar refractivity (Wildman–Crippen MR) is 122 cm³/mol. The van der Waals surface area contributed by atoms with Crippen molar-refractivity contribution in [1.82, 2.24) is 8.87 Å². The molecule has 166 valence electrons. The number of carbonyl (C=O) groups is 1. The highest BCUT2D eigenvalue weighted by Gasteiger charge is 2.30. The van der Waals surface area contributed by atoms with Crippen LogP contribution >= 0.6 is 11.3 Å². The molecular weight excluding hydrogens is 449 g/mol. The fourth-order valence-corrected chi connectivity index (χ4v) is 6.64. The third kappa shape index (κ3) is 4.13. The average molecular weight is 472 g/mol. The lowest BCUT2D eigenvalue weighted by Crippen LogP contribution is -2.41. The number of benzene rings is 2. The van der Waals surface area contributed by atoms with E-state index in [2.05, 4.69) is 10.9 Å². The minimum atomic E-state index is -3.62. The Balaban J connectivity index is 1.67. The smallest absolute Gasteiger partial charge is 0.279 e.